The second-order valence-electron chi connectivity index (χ2n) is 3.76. The highest BCUT2D eigenvalue weighted by molar-refractivity contribution is 6.21. The van der Waals surface area contributed by atoms with Crippen molar-refractivity contribution in [2.45, 2.75) is 27.2 Å². The van der Waals surface area contributed by atoms with Gasteiger partial charge in [0, 0.05) is 11.8 Å². The minimum Gasteiger partial charge on any atom is -0.511 e. The van der Waals surface area contributed by atoms with Crippen LogP contribution in [0.3, 0.4) is 0 Å². The molecule has 66 valence electrons. The summed E-state index contributed by atoms with van der Waals surface area (Å²) >= 11 is 0. The van der Waals surface area contributed by atoms with Gasteiger partial charge in [0.2, 0.25) is 0 Å². The molecule has 0 heterocycles. The molecule has 0 bridgehead atoms. The summed E-state index contributed by atoms with van der Waals surface area (Å²) in [6, 6.07) is 0. The lowest BCUT2D eigenvalue weighted by Crippen LogP contribution is -2.10. The molecule has 0 aromatic carbocycles. The van der Waals surface area contributed by atoms with Crippen molar-refractivity contribution in [2.24, 2.45) is 5.41 Å². The van der Waals surface area contributed by atoms with Gasteiger partial charge in [-0.2, -0.15) is 0 Å². The molecule has 0 saturated heterocycles. The molecule has 3 nitrogen and oxygen atoms in total. The average molecular weight is 168 g/mol. The molecule has 0 fully saturated rings. The van der Waals surface area contributed by atoms with E-state index in [-0.39, 0.29) is 29.3 Å². The van der Waals surface area contributed by atoms with Crippen molar-refractivity contribution >= 4 is 11.6 Å². The smallest absolute Gasteiger partial charge is 0.170 e. The maximum absolute atomic E-state index is 11.2. The monoisotopic (exact) mass is 168 g/mol. The first-order valence-corrected chi connectivity index (χ1v) is 3.84. The van der Waals surface area contributed by atoms with Gasteiger partial charge in [0.05, 0.1) is 5.57 Å². The lowest BCUT2D eigenvalue weighted by molar-refractivity contribution is -0.120. The summed E-state index contributed by atoms with van der Waals surface area (Å²) in [7, 11) is 0. The first kappa shape index (κ1) is 8.97. The third kappa shape index (κ3) is 1.15. The van der Waals surface area contributed by atoms with Gasteiger partial charge in [-0.05, 0) is 6.92 Å². The van der Waals surface area contributed by atoms with E-state index in [9.17, 15) is 14.7 Å². The van der Waals surface area contributed by atoms with Crippen molar-refractivity contribution in [1.82, 2.24) is 0 Å². The maximum Gasteiger partial charge on any atom is 0.170 e. The van der Waals surface area contributed by atoms with Gasteiger partial charge >= 0.3 is 0 Å². The van der Waals surface area contributed by atoms with Crippen LogP contribution in [0.2, 0.25) is 0 Å². The van der Waals surface area contributed by atoms with E-state index in [1.807, 2.05) is 0 Å². The van der Waals surface area contributed by atoms with Crippen molar-refractivity contribution in [3.63, 3.8) is 0 Å². The normalized spacial score (nSPS) is 21.8. The molecule has 1 N–H and O–H groups in total. The number of ketones is 2. The van der Waals surface area contributed by atoms with Gasteiger partial charge in [0.15, 0.2) is 11.6 Å². The van der Waals surface area contributed by atoms with Crippen LogP contribution in [-0.2, 0) is 9.59 Å². The van der Waals surface area contributed by atoms with E-state index in [1.165, 1.54) is 6.92 Å². The SMILES string of the molecule is CC(=O)C1=C(O)C(C)(C)CC1=O. The summed E-state index contributed by atoms with van der Waals surface area (Å²) in [4.78, 5) is 22.1. The van der Waals surface area contributed by atoms with Crippen LogP contribution < -0.4 is 0 Å². The van der Waals surface area contributed by atoms with Crippen molar-refractivity contribution in [3.05, 3.63) is 11.3 Å². The number of aliphatic hydroxyl groups is 1. The zero-order valence-corrected chi connectivity index (χ0v) is 7.47. The zero-order chi connectivity index (χ0) is 9.52. The van der Waals surface area contributed by atoms with Crippen LogP contribution in [0, 0.1) is 5.41 Å². The molecule has 0 aromatic heterocycles. The molecule has 0 unspecified atom stereocenters. The molecule has 0 aliphatic heterocycles. The van der Waals surface area contributed by atoms with Gasteiger partial charge in [0.25, 0.3) is 0 Å². The van der Waals surface area contributed by atoms with Crippen LogP contribution >= 0.6 is 0 Å². The first-order chi connectivity index (χ1) is 5.36. The zero-order valence-electron chi connectivity index (χ0n) is 7.47. The Morgan fingerprint density at radius 3 is 2.17 bits per heavy atom. The van der Waals surface area contributed by atoms with Gasteiger partial charge in [-0.15, -0.1) is 0 Å². The Hall–Kier alpha value is -1.12. The largest absolute Gasteiger partial charge is 0.511 e. The van der Waals surface area contributed by atoms with Crippen molar-refractivity contribution < 1.29 is 14.7 Å². The topological polar surface area (TPSA) is 54.4 Å². The van der Waals surface area contributed by atoms with E-state index in [1.54, 1.807) is 13.8 Å². The summed E-state index contributed by atoms with van der Waals surface area (Å²) in [6.45, 7) is 4.79. The van der Waals surface area contributed by atoms with Crippen LogP contribution in [0.5, 0.6) is 0 Å². The van der Waals surface area contributed by atoms with Gasteiger partial charge in [-0.1, -0.05) is 13.8 Å². The highest BCUT2D eigenvalue weighted by atomic mass is 16.3. The van der Waals surface area contributed by atoms with E-state index in [2.05, 4.69) is 0 Å². The van der Waals surface area contributed by atoms with Crippen LogP contribution in [0.25, 0.3) is 0 Å². The van der Waals surface area contributed by atoms with E-state index >= 15 is 0 Å². The molecule has 0 spiro atoms. The van der Waals surface area contributed by atoms with Crippen molar-refractivity contribution in [2.75, 3.05) is 0 Å². The number of Topliss-reactive ketones (excluding diaryl/α,β-unsaturated/α-hetero) is 2. The average Bonchev–Trinajstić information content (AvgIpc) is 2.02. The number of aliphatic hydroxyl groups excluding tert-OH is 1. The van der Waals surface area contributed by atoms with Crippen LogP contribution in [-0.4, -0.2) is 16.7 Å². The molecule has 0 aromatic rings. The summed E-state index contributed by atoms with van der Waals surface area (Å²) < 4.78 is 0. The molecule has 1 aliphatic carbocycles. The van der Waals surface area contributed by atoms with Crippen molar-refractivity contribution in [3.8, 4) is 0 Å². The van der Waals surface area contributed by atoms with Crippen LogP contribution in [0.4, 0.5) is 0 Å². The van der Waals surface area contributed by atoms with Crippen molar-refractivity contribution in [1.29, 1.82) is 0 Å². The van der Waals surface area contributed by atoms with Gasteiger partial charge < -0.3 is 5.11 Å². The minimum atomic E-state index is -0.557. The molecule has 1 rings (SSSR count). The minimum absolute atomic E-state index is 0.0139. The third-order valence-corrected chi connectivity index (χ3v) is 2.11. The van der Waals surface area contributed by atoms with E-state index in [0.29, 0.717) is 0 Å². The highest BCUT2D eigenvalue weighted by Gasteiger charge is 2.40. The van der Waals surface area contributed by atoms with Gasteiger partial charge in [0.1, 0.15) is 5.76 Å². The number of carbonyl (C=O) groups excluding carboxylic acids is 2. The second-order valence-corrected chi connectivity index (χ2v) is 3.76. The molecule has 0 atom stereocenters. The molecule has 12 heavy (non-hydrogen) atoms. The Labute approximate surface area is 71.1 Å². The fourth-order valence-electron chi connectivity index (χ4n) is 1.41. The molecular formula is C9H12O3. The van der Waals surface area contributed by atoms with Gasteiger partial charge in [-0.25, -0.2) is 0 Å². The number of hydrogen-bond donors (Lipinski definition) is 1. The lowest BCUT2D eigenvalue weighted by atomic mass is 9.91. The summed E-state index contributed by atoms with van der Waals surface area (Å²) in [5, 5.41) is 9.50. The highest BCUT2D eigenvalue weighted by Crippen LogP contribution is 2.38. The number of carbonyl (C=O) groups is 2. The van der Waals surface area contributed by atoms with Crippen LogP contribution in [0.1, 0.15) is 27.2 Å². The molecule has 0 saturated carbocycles. The summed E-state index contributed by atoms with van der Waals surface area (Å²) in [5.41, 5.74) is -0.571. The number of hydrogen-bond acceptors (Lipinski definition) is 3. The lowest BCUT2D eigenvalue weighted by Gasteiger charge is -2.15. The van der Waals surface area contributed by atoms with Gasteiger partial charge in [-0.3, -0.25) is 9.59 Å². The quantitative estimate of drug-likeness (QED) is 0.602. The Bertz CT molecular complexity index is 284. The molecule has 1 aliphatic rings. The molecular weight excluding hydrogens is 156 g/mol. The number of allylic oxidation sites excluding steroid dienone is 2. The number of rotatable bonds is 1. The predicted molar refractivity (Wildman–Crippen MR) is 43.7 cm³/mol. The summed E-state index contributed by atoms with van der Waals surface area (Å²) in [6.07, 6.45) is 0.230. The predicted octanol–water partition coefficient (Wildman–Crippen LogP) is 1.39. The maximum atomic E-state index is 11.2. The fourth-order valence-corrected chi connectivity index (χ4v) is 1.41. The Morgan fingerprint density at radius 2 is 2.00 bits per heavy atom. The Balaban J connectivity index is 3.20. The third-order valence-electron chi connectivity index (χ3n) is 2.11. The Morgan fingerprint density at radius 1 is 1.50 bits per heavy atom. The molecule has 0 radical (unpaired) electrons. The van der Waals surface area contributed by atoms with E-state index in [4.69, 9.17) is 0 Å². The van der Waals surface area contributed by atoms with Crippen LogP contribution in [0.15, 0.2) is 11.3 Å². The summed E-state index contributed by atoms with van der Waals surface area (Å²) in [5.74, 6) is -0.645. The molecule has 3 heteroatoms. The standard InChI is InChI=1S/C9H12O3/c1-5(10)7-6(11)4-9(2,3)8(7)12/h12H,4H2,1-3H3. The van der Waals surface area contributed by atoms with E-state index in [0.717, 1.165) is 0 Å². The van der Waals surface area contributed by atoms with E-state index < -0.39 is 5.41 Å². The Kier molecular flexibility index (Phi) is 1.82. The molecule has 0 amide bonds. The first-order valence-electron chi connectivity index (χ1n) is 3.84. The fraction of sp³-hybridized carbons (Fsp3) is 0.556. The second kappa shape index (κ2) is 2.44.